The summed E-state index contributed by atoms with van der Waals surface area (Å²) >= 11 is 0. The Morgan fingerprint density at radius 2 is 1.95 bits per heavy atom. The normalized spacial score (nSPS) is 10.1. The van der Waals surface area contributed by atoms with Crippen molar-refractivity contribution in [3.8, 4) is 11.8 Å². The summed E-state index contributed by atoms with van der Waals surface area (Å²) in [4.78, 5) is 4.23. The van der Waals surface area contributed by atoms with Crippen molar-refractivity contribution in [1.82, 2.24) is 14.8 Å². The highest BCUT2D eigenvalue weighted by Crippen LogP contribution is 2.17. The first-order chi connectivity index (χ1) is 10.2. The average Bonchev–Trinajstić information content (AvgIpc) is 2.96. The molecule has 1 heterocycles. The van der Waals surface area contributed by atoms with E-state index in [9.17, 15) is 0 Å². The third-order valence-electron chi connectivity index (χ3n) is 2.98. The topological polar surface area (TPSA) is 66.5 Å². The summed E-state index contributed by atoms with van der Waals surface area (Å²) < 4.78 is 1.70. The number of aromatic nitrogens is 3. The molecule has 0 fully saturated rings. The molecule has 102 valence electrons. The van der Waals surface area contributed by atoms with Crippen molar-refractivity contribution in [2.24, 2.45) is 0 Å². The Hall–Kier alpha value is -3.13. The Kier molecular flexibility index (Phi) is 3.36. The second kappa shape index (κ2) is 5.47. The van der Waals surface area contributed by atoms with Crippen LogP contribution in [-0.4, -0.2) is 14.8 Å². The molecule has 0 amide bonds. The summed E-state index contributed by atoms with van der Waals surface area (Å²) in [6.45, 7) is 1.95. The van der Waals surface area contributed by atoms with Gasteiger partial charge in [-0.2, -0.15) is 10.2 Å². The van der Waals surface area contributed by atoms with Crippen LogP contribution in [-0.2, 0) is 0 Å². The molecule has 0 atom stereocenters. The van der Waals surface area contributed by atoms with E-state index in [1.54, 1.807) is 17.1 Å². The molecule has 3 aromatic rings. The molecule has 0 radical (unpaired) electrons. The maximum absolute atomic E-state index is 8.99. The molecule has 21 heavy (non-hydrogen) atoms. The van der Waals surface area contributed by atoms with E-state index in [0.717, 1.165) is 16.9 Å². The molecule has 3 rings (SSSR count). The lowest BCUT2D eigenvalue weighted by Crippen LogP contribution is -1.97. The van der Waals surface area contributed by atoms with Gasteiger partial charge in [0.15, 0.2) is 0 Å². The molecule has 0 saturated carbocycles. The first kappa shape index (κ1) is 12.9. The van der Waals surface area contributed by atoms with E-state index in [1.165, 1.54) is 0 Å². The van der Waals surface area contributed by atoms with Crippen LogP contribution in [0.4, 0.5) is 11.6 Å². The summed E-state index contributed by atoms with van der Waals surface area (Å²) in [5, 5.41) is 16.5. The lowest BCUT2D eigenvalue weighted by molar-refractivity contribution is 0.882. The molecule has 0 aliphatic heterocycles. The van der Waals surface area contributed by atoms with Gasteiger partial charge in [-0.3, -0.25) is 0 Å². The van der Waals surface area contributed by atoms with Gasteiger partial charge in [-0.25, -0.2) is 4.68 Å². The lowest BCUT2D eigenvalue weighted by atomic mass is 10.1. The molecule has 2 aromatic carbocycles. The molecule has 1 N–H and O–H groups in total. The molecule has 0 spiro atoms. The fourth-order valence-corrected chi connectivity index (χ4v) is 2.07. The number of nitriles is 1. The number of nitrogens with zero attached hydrogens (tertiary/aromatic N) is 4. The van der Waals surface area contributed by atoms with Crippen molar-refractivity contribution in [3.63, 3.8) is 0 Å². The third kappa shape index (κ3) is 2.90. The second-order valence-electron chi connectivity index (χ2n) is 4.67. The fraction of sp³-hybridized carbons (Fsp3) is 0.0625. The van der Waals surface area contributed by atoms with E-state index in [4.69, 9.17) is 5.26 Å². The summed E-state index contributed by atoms with van der Waals surface area (Å²) in [6, 6.07) is 17.5. The van der Waals surface area contributed by atoms with E-state index in [1.807, 2.05) is 49.4 Å². The monoisotopic (exact) mass is 275 g/mol. The smallest absolute Gasteiger partial charge is 0.246 e. The van der Waals surface area contributed by atoms with Crippen molar-refractivity contribution >= 4 is 11.6 Å². The van der Waals surface area contributed by atoms with Gasteiger partial charge in [-0.05, 0) is 42.8 Å². The van der Waals surface area contributed by atoms with Gasteiger partial charge in [0, 0.05) is 5.69 Å². The van der Waals surface area contributed by atoms with Crippen molar-refractivity contribution in [2.75, 3.05) is 5.32 Å². The van der Waals surface area contributed by atoms with Crippen LogP contribution in [0.3, 0.4) is 0 Å². The van der Waals surface area contributed by atoms with Crippen LogP contribution in [0.1, 0.15) is 11.1 Å². The van der Waals surface area contributed by atoms with Gasteiger partial charge >= 0.3 is 0 Å². The Balaban J connectivity index is 1.85. The summed E-state index contributed by atoms with van der Waals surface area (Å²) in [5.74, 6) is 0.494. The van der Waals surface area contributed by atoms with E-state index < -0.39 is 0 Å². The summed E-state index contributed by atoms with van der Waals surface area (Å²) in [5.41, 5.74) is 3.37. The minimum absolute atomic E-state index is 0.494. The second-order valence-corrected chi connectivity index (χ2v) is 4.67. The Bertz CT molecular complexity index is 799. The minimum Gasteiger partial charge on any atom is -0.323 e. The van der Waals surface area contributed by atoms with Gasteiger partial charge in [-0.15, -0.1) is 5.10 Å². The van der Waals surface area contributed by atoms with Crippen molar-refractivity contribution in [1.29, 1.82) is 5.26 Å². The number of rotatable bonds is 3. The van der Waals surface area contributed by atoms with Gasteiger partial charge in [0.25, 0.3) is 0 Å². The predicted octanol–water partition coefficient (Wildman–Crippen LogP) is 3.19. The molecule has 0 saturated heterocycles. The number of hydrogen-bond acceptors (Lipinski definition) is 4. The third-order valence-corrected chi connectivity index (χ3v) is 2.98. The van der Waals surface area contributed by atoms with Crippen LogP contribution in [0.15, 0.2) is 54.9 Å². The molecule has 5 nitrogen and oxygen atoms in total. The maximum Gasteiger partial charge on any atom is 0.246 e. The van der Waals surface area contributed by atoms with Gasteiger partial charge in [-0.1, -0.05) is 18.2 Å². The van der Waals surface area contributed by atoms with Gasteiger partial charge in [0.2, 0.25) is 5.95 Å². The van der Waals surface area contributed by atoms with Gasteiger partial charge in [0.05, 0.1) is 17.3 Å². The zero-order valence-electron chi connectivity index (χ0n) is 11.5. The molecular weight excluding hydrogens is 262 g/mol. The SMILES string of the molecule is Cc1cc(C#N)cc(Nc2ncn(-c3ccccc3)n2)c1. The van der Waals surface area contributed by atoms with Crippen molar-refractivity contribution in [3.05, 3.63) is 66.0 Å². The highest BCUT2D eigenvalue weighted by Gasteiger charge is 2.04. The van der Waals surface area contributed by atoms with Gasteiger partial charge < -0.3 is 5.32 Å². The highest BCUT2D eigenvalue weighted by molar-refractivity contribution is 5.57. The molecule has 0 bridgehead atoms. The predicted molar refractivity (Wildman–Crippen MR) is 80.5 cm³/mol. The van der Waals surface area contributed by atoms with E-state index in [2.05, 4.69) is 21.5 Å². The van der Waals surface area contributed by atoms with Crippen molar-refractivity contribution in [2.45, 2.75) is 6.92 Å². The first-order valence-corrected chi connectivity index (χ1v) is 6.50. The first-order valence-electron chi connectivity index (χ1n) is 6.50. The summed E-state index contributed by atoms with van der Waals surface area (Å²) in [6.07, 6.45) is 1.65. The van der Waals surface area contributed by atoms with Crippen LogP contribution in [0.25, 0.3) is 5.69 Å². The highest BCUT2D eigenvalue weighted by atomic mass is 15.4. The van der Waals surface area contributed by atoms with Gasteiger partial charge in [0.1, 0.15) is 6.33 Å². The molecule has 1 aromatic heterocycles. The number of para-hydroxylation sites is 1. The molecule has 0 aliphatic rings. The zero-order chi connectivity index (χ0) is 14.7. The van der Waals surface area contributed by atoms with Crippen LogP contribution >= 0.6 is 0 Å². The molecule has 0 aliphatic carbocycles. The number of anilines is 2. The zero-order valence-corrected chi connectivity index (χ0v) is 11.5. The van der Waals surface area contributed by atoms with Crippen LogP contribution < -0.4 is 5.32 Å². The minimum atomic E-state index is 0.494. The molecule has 0 unspecified atom stereocenters. The van der Waals surface area contributed by atoms with E-state index >= 15 is 0 Å². The Labute approximate surface area is 122 Å². The Morgan fingerprint density at radius 3 is 2.71 bits per heavy atom. The van der Waals surface area contributed by atoms with Crippen LogP contribution in [0, 0.1) is 18.3 Å². The van der Waals surface area contributed by atoms with E-state index in [0.29, 0.717) is 11.5 Å². The number of nitrogens with one attached hydrogen (secondary N) is 1. The lowest BCUT2D eigenvalue weighted by Gasteiger charge is -2.04. The number of benzene rings is 2. The average molecular weight is 275 g/mol. The molecular formula is C16H13N5. The van der Waals surface area contributed by atoms with E-state index in [-0.39, 0.29) is 0 Å². The maximum atomic E-state index is 8.99. The molecule has 5 heteroatoms. The van der Waals surface area contributed by atoms with Crippen molar-refractivity contribution < 1.29 is 0 Å². The fourth-order valence-electron chi connectivity index (χ4n) is 2.07. The van der Waals surface area contributed by atoms with Crippen LogP contribution in [0.5, 0.6) is 0 Å². The Morgan fingerprint density at radius 1 is 1.14 bits per heavy atom. The van der Waals surface area contributed by atoms with Crippen LogP contribution in [0.2, 0.25) is 0 Å². The quantitative estimate of drug-likeness (QED) is 0.797. The largest absolute Gasteiger partial charge is 0.323 e. The summed E-state index contributed by atoms with van der Waals surface area (Å²) in [7, 11) is 0. The standard InChI is InChI=1S/C16H13N5/c1-12-7-13(10-17)9-14(8-12)19-16-18-11-21(20-16)15-5-3-2-4-6-15/h2-9,11H,1H3,(H,19,20). The number of hydrogen-bond donors (Lipinski definition) is 1. The number of aryl methyl sites for hydroxylation is 1.